The van der Waals surface area contributed by atoms with Crippen molar-refractivity contribution in [3.8, 4) is 6.07 Å². The minimum atomic E-state index is -0.892. The Morgan fingerprint density at radius 1 is 1.36 bits per heavy atom. The maximum absolute atomic E-state index is 12.6. The lowest BCUT2D eigenvalue weighted by molar-refractivity contribution is -0.123. The van der Waals surface area contributed by atoms with Crippen LogP contribution in [0.2, 0.25) is 5.02 Å². The number of hydrogen-bond acceptors (Lipinski definition) is 3. The number of thiophene rings is 1. The average Bonchev–Trinajstić information content (AvgIpc) is 2.98. The van der Waals surface area contributed by atoms with E-state index in [1.165, 1.54) is 0 Å². The van der Waals surface area contributed by atoms with Gasteiger partial charge in [-0.25, -0.2) is 0 Å². The van der Waals surface area contributed by atoms with E-state index in [0.29, 0.717) is 11.4 Å². The van der Waals surface area contributed by atoms with Crippen LogP contribution in [0.15, 0.2) is 41.8 Å². The van der Waals surface area contributed by atoms with Gasteiger partial charge in [-0.15, -0.1) is 11.3 Å². The number of benzene rings is 1. The Labute approximate surface area is 139 Å². The Balaban J connectivity index is 2.27. The van der Waals surface area contributed by atoms with Gasteiger partial charge in [0, 0.05) is 9.90 Å². The minimum absolute atomic E-state index is 0.151. The molecule has 1 aromatic heterocycles. The zero-order valence-electron chi connectivity index (χ0n) is 12.5. The summed E-state index contributed by atoms with van der Waals surface area (Å²) in [5.41, 5.74) is 0.000971. The van der Waals surface area contributed by atoms with Crippen molar-refractivity contribution >= 4 is 28.8 Å². The molecule has 2 aromatic rings. The molecule has 1 N–H and O–H groups in total. The van der Waals surface area contributed by atoms with Crippen molar-refractivity contribution in [1.82, 2.24) is 5.32 Å². The molecular formula is C17H17ClN2OS. The predicted octanol–water partition coefficient (Wildman–Crippen LogP) is 4.15. The van der Waals surface area contributed by atoms with E-state index in [1.54, 1.807) is 37.3 Å². The summed E-state index contributed by atoms with van der Waals surface area (Å²) >= 11 is 7.55. The lowest BCUT2D eigenvalue weighted by Gasteiger charge is -2.23. The first kappa shape index (κ1) is 16.5. The van der Waals surface area contributed by atoms with Gasteiger partial charge in [0.05, 0.1) is 12.0 Å². The molecule has 1 heterocycles. The van der Waals surface area contributed by atoms with Gasteiger partial charge in [-0.2, -0.15) is 5.26 Å². The molecule has 0 spiro atoms. The number of amides is 1. The highest BCUT2D eigenvalue weighted by atomic mass is 35.5. The van der Waals surface area contributed by atoms with E-state index < -0.39 is 5.54 Å². The van der Waals surface area contributed by atoms with Crippen LogP contribution in [-0.4, -0.2) is 11.4 Å². The third-order valence-electron chi connectivity index (χ3n) is 3.29. The largest absolute Gasteiger partial charge is 0.338 e. The molecule has 5 heteroatoms. The van der Waals surface area contributed by atoms with Crippen molar-refractivity contribution in [3.05, 3.63) is 57.2 Å². The van der Waals surface area contributed by atoms with Gasteiger partial charge in [-0.1, -0.05) is 29.8 Å². The number of rotatable bonds is 5. The highest BCUT2D eigenvalue weighted by Gasteiger charge is 2.27. The summed E-state index contributed by atoms with van der Waals surface area (Å²) < 4.78 is 0. The molecule has 0 saturated heterocycles. The molecule has 1 atom stereocenters. The summed E-state index contributed by atoms with van der Waals surface area (Å²) in [4.78, 5) is 13.8. The van der Waals surface area contributed by atoms with Crippen LogP contribution in [0.4, 0.5) is 0 Å². The van der Waals surface area contributed by atoms with Gasteiger partial charge in [0.15, 0.2) is 0 Å². The van der Waals surface area contributed by atoms with E-state index >= 15 is 0 Å². The van der Waals surface area contributed by atoms with Gasteiger partial charge in [-0.05, 0) is 49.4 Å². The smallest absolute Gasteiger partial charge is 0.229 e. The van der Waals surface area contributed by atoms with Gasteiger partial charge < -0.3 is 5.32 Å². The zero-order valence-corrected chi connectivity index (χ0v) is 14.0. The van der Waals surface area contributed by atoms with Gasteiger partial charge in [0.1, 0.15) is 5.54 Å². The monoisotopic (exact) mass is 332 g/mol. The van der Waals surface area contributed by atoms with Crippen LogP contribution in [0.25, 0.3) is 0 Å². The molecule has 1 amide bonds. The van der Waals surface area contributed by atoms with Crippen LogP contribution in [0, 0.1) is 11.3 Å². The topological polar surface area (TPSA) is 52.9 Å². The van der Waals surface area contributed by atoms with Crippen LogP contribution in [-0.2, 0) is 11.2 Å². The van der Waals surface area contributed by atoms with E-state index in [2.05, 4.69) is 11.4 Å². The van der Waals surface area contributed by atoms with Gasteiger partial charge >= 0.3 is 0 Å². The summed E-state index contributed by atoms with van der Waals surface area (Å²) in [5, 5.41) is 14.5. The summed E-state index contributed by atoms with van der Waals surface area (Å²) in [6.07, 6.45) is 0.604. The van der Waals surface area contributed by atoms with Crippen molar-refractivity contribution in [2.45, 2.75) is 31.7 Å². The van der Waals surface area contributed by atoms with E-state index in [-0.39, 0.29) is 11.8 Å². The number of halogens is 1. The first-order valence-corrected chi connectivity index (χ1v) is 8.18. The lowest BCUT2D eigenvalue weighted by atomic mass is 9.93. The molecule has 3 nitrogen and oxygen atoms in total. The fraction of sp³-hybridized carbons (Fsp3) is 0.294. The maximum atomic E-state index is 12.6. The number of nitriles is 1. The first-order valence-electron chi connectivity index (χ1n) is 6.92. The Morgan fingerprint density at radius 3 is 2.59 bits per heavy atom. The van der Waals surface area contributed by atoms with E-state index in [4.69, 9.17) is 16.9 Å². The first-order chi connectivity index (χ1) is 10.4. The normalized spacial score (nSPS) is 12.5. The molecule has 0 fully saturated rings. The van der Waals surface area contributed by atoms with Crippen molar-refractivity contribution in [2.75, 3.05) is 0 Å². The van der Waals surface area contributed by atoms with Crippen LogP contribution < -0.4 is 5.32 Å². The fourth-order valence-corrected chi connectivity index (χ4v) is 2.99. The molecular weight excluding hydrogens is 316 g/mol. The van der Waals surface area contributed by atoms with Crippen molar-refractivity contribution in [3.63, 3.8) is 0 Å². The molecule has 0 radical (unpaired) electrons. The molecule has 1 aromatic carbocycles. The highest BCUT2D eigenvalue weighted by Crippen LogP contribution is 2.25. The number of nitrogens with zero attached hydrogens (tertiary/aromatic N) is 1. The third kappa shape index (κ3) is 4.33. The summed E-state index contributed by atoms with van der Waals surface area (Å²) in [6, 6.07) is 13.4. The minimum Gasteiger partial charge on any atom is -0.338 e. The van der Waals surface area contributed by atoms with Crippen molar-refractivity contribution in [1.29, 1.82) is 5.26 Å². The SMILES string of the molecule is CC(C)(C#N)NC(=O)C(Cc1cccs1)c1ccc(Cl)cc1. The lowest BCUT2D eigenvalue weighted by Crippen LogP contribution is -2.44. The number of nitrogens with one attached hydrogen (secondary N) is 1. The molecule has 0 saturated carbocycles. The number of carbonyl (C=O) groups excluding carboxylic acids is 1. The molecule has 0 aliphatic heterocycles. The van der Waals surface area contributed by atoms with Crippen LogP contribution in [0.3, 0.4) is 0 Å². The Kier molecular flexibility index (Phi) is 5.23. The molecule has 0 aliphatic rings. The summed E-state index contributed by atoms with van der Waals surface area (Å²) in [5.74, 6) is -0.495. The van der Waals surface area contributed by atoms with E-state index in [9.17, 15) is 4.79 Å². The van der Waals surface area contributed by atoms with Crippen LogP contribution in [0.5, 0.6) is 0 Å². The van der Waals surface area contributed by atoms with E-state index in [1.807, 2.05) is 29.6 Å². The summed E-state index contributed by atoms with van der Waals surface area (Å²) in [6.45, 7) is 3.38. The van der Waals surface area contributed by atoms with E-state index in [0.717, 1.165) is 10.4 Å². The van der Waals surface area contributed by atoms with Gasteiger partial charge in [0.2, 0.25) is 5.91 Å². The van der Waals surface area contributed by atoms with Gasteiger partial charge in [-0.3, -0.25) is 4.79 Å². The number of carbonyl (C=O) groups is 1. The predicted molar refractivity (Wildman–Crippen MR) is 90.1 cm³/mol. The van der Waals surface area contributed by atoms with Crippen molar-refractivity contribution in [2.24, 2.45) is 0 Å². The van der Waals surface area contributed by atoms with Crippen LogP contribution >= 0.6 is 22.9 Å². The third-order valence-corrected chi connectivity index (χ3v) is 4.44. The number of hydrogen-bond donors (Lipinski definition) is 1. The second kappa shape index (κ2) is 6.95. The molecule has 2 rings (SSSR count). The maximum Gasteiger partial charge on any atom is 0.229 e. The second-order valence-electron chi connectivity index (χ2n) is 5.61. The zero-order chi connectivity index (χ0) is 16.2. The molecule has 0 bridgehead atoms. The van der Waals surface area contributed by atoms with Crippen molar-refractivity contribution < 1.29 is 4.79 Å². The molecule has 114 valence electrons. The van der Waals surface area contributed by atoms with Crippen LogP contribution in [0.1, 0.15) is 30.2 Å². The molecule has 1 unspecified atom stereocenters. The molecule has 0 aliphatic carbocycles. The Bertz CT molecular complexity index is 672. The Hall–Kier alpha value is -1.83. The Morgan fingerprint density at radius 2 is 2.05 bits per heavy atom. The average molecular weight is 333 g/mol. The molecule has 22 heavy (non-hydrogen) atoms. The fourth-order valence-electron chi connectivity index (χ4n) is 2.11. The standard InChI is InChI=1S/C17H17ClN2OS/c1-17(2,11-19)20-16(21)15(10-14-4-3-9-22-14)12-5-7-13(18)8-6-12/h3-9,15H,10H2,1-2H3,(H,20,21). The summed E-state index contributed by atoms with van der Waals surface area (Å²) in [7, 11) is 0. The van der Waals surface area contributed by atoms with Gasteiger partial charge in [0.25, 0.3) is 0 Å². The second-order valence-corrected chi connectivity index (χ2v) is 7.08. The highest BCUT2D eigenvalue weighted by molar-refractivity contribution is 7.09. The quantitative estimate of drug-likeness (QED) is 0.894.